The van der Waals surface area contributed by atoms with Crippen LogP contribution in [0.2, 0.25) is 0 Å². The Morgan fingerprint density at radius 2 is 2.10 bits per heavy atom. The highest BCUT2D eigenvalue weighted by Crippen LogP contribution is 2.31. The van der Waals surface area contributed by atoms with Crippen molar-refractivity contribution in [3.05, 3.63) is 17.5 Å². The molecule has 1 aliphatic rings. The van der Waals surface area contributed by atoms with Gasteiger partial charge in [0.05, 0.1) is 5.60 Å². The molecule has 0 saturated heterocycles. The zero-order valence-electron chi connectivity index (χ0n) is 12.6. The number of H-pyrrole nitrogens is 1. The summed E-state index contributed by atoms with van der Waals surface area (Å²) < 4.78 is 0. The molecule has 0 unspecified atom stereocenters. The summed E-state index contributed by atoms with van der Waals surface area (Å²) in [5, 5.41) is 16.9. The molecule has 1 fully saturated rings. The molecule has 20 heavy (non-hydrogen) atoms. The molecular weight excluding hydrogens is 254 g/mol. The maximum Gasteiger partial charge on any atom is 0.274 e. The van der Waals surface area contributed by atoms with Gasteiger partial charge in [-0.15, -0.1) is 0 Å². The van der Waals surface area contributed by atoms with Crippen molar-refractivity contribution in [1.29, 1.82) is 0 Å². The number of likely N-dealkylation sites (N-methyl/N-ethyl adjacent to an activating group) is 1. The molecule has 1 heterocycles. The fraction of sp³-hybridized carbons (Fsp3) is 0.733. The summed E-state index contributed by atoms with van der Waals surface area (Å²) in [4.78, 5) is 13.8. The van der Waals surface area contributed by atoms with E-state index in [-0.39, 0.29) is 12.5 Å². The first-order valence-electron chi connectivity index (χ1n) is 7.40. The molecule has 0 aromatic carbocycles. The lowest BCUT2D eigenvalue weighted by Crippen LogP contribution is -2.39. The van der Waals surface area contributed by atoms with E-state index in [9.17, 15) is 9.90 Å². The summed E-state index contributed by atoms with van der Waals surface area (Å²) in [6, 6.07) is 1.87. The van der Waals surface area contributed by atoms with Gasteiger partial charge in [-0.2, -0.15) is 5.10 Å². The van der Waals surface area contributed by atoms with Crippen LogP contribution in [0, 0.1) is 0 Å². The largest absolute Gasteiger partial charge is 0.389 e. The molecule has 1 aromatic heterocycles. The van der Waals surface area contributed by atoms with Gasteiger partial charge in [-0.3, -0.25) is 9.89 Å². The second-order valence-electron chi connectivity index (χ2n) is 6.52. The first kappa shape index (κ1) is 15.0. The lowest BCUT2D eigenvalue weighted by Gasteiger charge is -2.24. The minimum atomic E-state index is -0.896. The van der Waals surface area contributed by atoms with Crippen molar-refractivity contribution in [2.75, 3.05) is 13.6 Å². The van der Waals surface area contributed by atoms with Crippen molar-refractivity contribution in [2.45, 2.75) is 57.5 Å². The molecule has 2 N–H and O–H groups in total. The van der Waals surface area contributed by atoms with E-state index >= 15 is 0 Å². The Morgan fingerprint density at radius 1 is 1.45 bits per heavy atom. The van der Waals surface area contributed by atoms with Gasteiger partial charge in [0.25, 0.3) is 5.91 Å². The summed E-state index contributed by atoms with van der Waals surface area (Å²) >= 11 is 0. The standard InChI is InChI=1S/C15H25N3O2/c1-15(2,20)10-18(3)14(19)13-9-12(16-17-13)11-7-5-4-6-8-11/h9,11,20H,4-8,10H2,1-3H3,(H,16,17). The van der Waals surface area contributed by atoms with Crippen LogP contribution >= 0.6 is 0 Å². The van der Waals surface area contributed by atoms with Crippen LogP contribution in [-0.4, -0.2) is 45.3 Å². The predicted octanol–water partition coefficient (Wildman–Crippen LogP) is 2.30. The summed E-state index contributed by atoms with van der Waals surface area (Å²) in [6.07, 6.45) is 6.17. The summed E-state index contributed by atoms with van der Waals surface area (Å²) in [5.74, 6) is 0.364. The molecule has 1 aromatic rings. The van der Waals surface area contributed by atoms with Gasteiger partial charge in [-0.1, -0.05) is 19.3 Å². The van der Waals surface area contributed by atoms with Crippen molar-refractivity contribution in [3.63, 3.8) is 0 Å². The zero-order valence-corrected chi connectivity index (χ0v) is 12.6. The van der Waals surface area contributed by atoms with Gasteiger partial charge in [0.2, 0.25) is 0 Å². The van der Waals surface area contributed by atoms with Crippen LogP contribution in [0.4, 0.5) is 0 Å². The van der Waals surface area contributed by atoms with E-state index in [2.05, 4.69) is 10.2 Å². The highest BCUT2D eigenvalue weighted by atomic mass is 16.3. The smallest absolute Gasteiger partial charge is 0.274 e. The first-order valence-corrected chi connectivity index (χ1v) is 7.40. The van der Waals surface area contributed by atoms with Crippen LogP contribution < -0.4 is 0 Å². The van der Waals surface area contributed by atoms with Crippen LogP contribution in [-0.2, 0) is 0 Å². The molecule has 112 valence electrons. The summed E-state index contributed by atoms with van der Waals surface area (Å²) in [6.45, 7) is 3.67. The number of rotatable bonds is 4. The minimum Gasteiger partial charge on any atom is -0.389 e. The van der Waals surface area contributed by atoms with Gasteiger partial charge in [0.15, 0.2) is 0 Å². The maximum atomic E-state index is 12.3. The van der Waals surface area contributed by atoms with Crippen molar-refractivity contribution < 1.29 is 9.90 Å². The predicted molar refractivity (Wildman–Crippen MR) is 77.7 cm³/mol. The highest BCUT2D eigenvalue weighted by Gasteiger charge is 2.24. The second-order valence-corrected chi connectivity index (χ2v) is 6.52. The van der Waals surface area contributed by atoms with Crippen molar-refractivity contribution in [3.8, 4) is 0 Å². The van der Waals surface area contributed by atoms with E-state index in [1.165, 1.54) is 37.0 Å². The van der Waals surface area contributed by atoms with Gasteiger partial charge < -0.3 is 10.0 Å². The molecule has 5 nitrogen and oxygen atoms in total. The van der Waals surface area contributed by atoms with E-state index in [4.69, 9.17) is 0 Å². The number of aromatic nitrogens is 2. The average Bonchev–Trinajstić information content (AvgIpc) is 2.86. The molecule has 2 rings (SSSR count). The maximum absolute atomic E-state index is 12.3. The molecular formula is C15H25N3O2. The quantitative estimate of drug-likeness (QED) is 0.888. The monoisotopic (exact) mass is 279 g/mol. The minimum absolute atomic E-state index is 0.148. The van der Waals surface area contributed by atoms with E-state index < -0.39 is 5.60 Å². The van der Waals surface area contributed by atoms with E-state index in [0.717, 1.165) is 5.69 Å². The Labute approximate surface area is 120 Å². The highest BCUT2D eigenvalue weighted by molar-refractivity contribution is 5.92. The molecule has 0 bridgehead atoms. The van der Waals surface area contributed by atoms with Crippen LogP contribution in [0.3, 0.4) is 0 Å². The molecule has 0 atom stereocenters. The summed E-state index contributed by atoms with van der Waals surface area (Å²) in [7, 11) is 1.69. The molecule has 1 amide bonds. The molecule has 0 spiro atoms. The van der Waals surface area contributed by atoms with Crippen LogP contribution in [0.15, 0.2) is 6.07 Å². The van der Waals surface area contributed by atoms with E-state index in [1.54, 1.807) is 20.9 Å². The fourth-order valence-electron chi connectivity index (χ4n) is 2.92. The number of nitrogens with one attached hydrogen (secondary N) is 1. The zero-order chi connectivity index (χ0) is 14.8. The number of aromatic amines is 1. The SMILES string of the molecule is CN(CC(C)(C)O)C(=O)c1cc(C2CCCCC2)[nH]n1. The number of nitrogens with zero attached hydrogens (tertiary/aromatic N) is 2. The molecule has 1 saturated carbocycles. The molecule has 5 heteroatoms. The number of aliphatic hydroxyl groups is 1. The third-order valence-electron chi connectivity index (χ3n) is 3.83. The third kappa shape index (κ3) is 3.82. The van der Waals surface area contributed by atoms with Gasteiger partial charge in [-0.05, 0) is 32.8 Å². The first-order chi connectivity index (χ1) is 9.37. The fourth-order valence-corrected chi connectivity index (χ4v) is 2.92. The van der Waals surface area contributed by atoms with Crippen LogP contribution in [0.1, 0.15) is 68.1 Å². The molecule has 0 radical (unpaired) electrons. The average molecular weight is 279 g/mol. The third-order valence-corrected chi connectivity index (χ3v) is 3.83. The Kier molecular flexibility index (Phi) is 4.48. The number of carbonyl (C=O) groups is 1. The second kappa shape index (κ2) is 5.95. The van der Waals surface area contributed by atoms with Gasteiger partial charge in [-0.25, -0.2) is 0 Å². The number of carbonyl (C=O) groups excluding carboxylic acids is 1. The van der Waals surface area contributed by atoms with Crippen LogP contribution in [0.5, 0.6) is 0 Å². The number of hydrogen-bond donors (Lipinski definition) is 2. The van der Waals surface area contributed by atoms with Crippen molar-refractivity contribution >= 4 is 5.91 Å². The van der Waals surface area contributed by atoms with Gasteiger partial charge in [0, 0.05) is 25.2 Å². The summed E-state index contributed by atoms with van der Waals surface area (Å²) in [5.41, 5.74) is 0.620. The van der Waals surface area contributed by atoms with E-state index in [0.29, 0.717) is 11.6 Å². The topological polar surface area (TPSA) is 69.2 Å². The van der Waals surface area contributed by atoms with Crippen molar-refractivity contribution in [2.24, 2.45) is 0 Å². The number of hydrogen-bond acceptors (Lipinski definition) is 3. The Morgan fingerprint density at radius 3 is 2.70 bits per heavy atom. The normalized spacial score (nSPS) is 17.2. The van der Waals surface area contributed by atoms with Gasteiger partial charge >= 0.3 is 0 Å². The molecule has 1 aliphatic carbocycles. The molecule has 0 aliphatic heterocycles. The van der Waals surface area contributed by atoms with Gasteiger partial charge in [0.1, 0.15) is 5.69 Å². The Hall–Kier alpha value is -1.36. The van der Waals surface area contributed by atoms with Crippen molar-refractivity contribution in [1.82, 2.24) is 15.1 Å². The Bertz CT molecular complexity index is 456. The van der Waals surface area contributed by atoms with Crippen LogP contribution in [0.25, 0.3) is 0 Å². The van der Waals surface area contributed by atoms with E-state index in [1.807, 2.05) is 6.07 Å². The number of amides is 1. The Balaban J connectivity index is 2.02. The lowest BCUT2D eigenvalue weighted by atomic mass is 9.87. The lowest BCUT2D eigenvalue weighted by molar-refractivity contribution is 0.0365.